The topological polar surface area (TPSA) is 55.8 Å². The molecule has 3 saturated carbocycles. The summed E-state index contributed by atoms with van der Waals surface area (Å²) in [7, 11) is 1.48. The first-order valence-corrected chi connectivity index (χ1v) is 9.07. The van der Waals surface area contributed by atoms with Gasteiger partial charge in [0.25, 0.3) is 0 Å². The third-order valence-corrected chi connectivity index (χ3v) is 7.53. The second-order valence-corrected chi connectivity index (χ2v) is 8.37. The average molecular weight is 328 g/mol. The largest absolute Gasteiger partial charge is 0.508 e. The van der Waals surface area contributed by atoms with E-state index in [2.05, 4.69) is 6.07 Å². The highest BCUT2D eigenvalue weighted by molar-refractivity contribution is 5.75. The van der Waals surface area contributed by atoms with E-state index in [9.17, 15) is 9.90 Å². The maximum atomic E-state index is 11.6. The Morgan fingerprint density at radius 1 is 1.42 bits per heavy atom. The molecule has 5 atom stereocenters. The molecular formula is C20H24O4. The zero-order chi connectivity index (χ0) is 16.6. The molecule has 1 aromatic carbocycles. The van der Waals surface area contributed by atoms with Gasteiger partial charge in [-0.25, -0.2) is 0 Å². The Kier molecular flexibility index (Phi) is 2.79. The third kappa shape index (κ3) is 1.65. The van der Waals surface area contributed by atoms with Crippen LogP contribution < -0.4 is 0 Å². The molecule has 1 heterocycles. The summed E-state index contributed by atoms with van der Waals surface area (Å²) in [5, 5.41) is 9.85. The number of rotatable bonds is 5. The summed E-state index contributed by atoms with van der Waals surface area (Å²) in [6.07, 6.45) is 6.80. The van der Waals surface area contributed by atoms with Crippen molar-refractivity contribution < 1.29 is 19.4 Å². The van der Waals surface area contributed by atoms with Crippen LogP contribution in [-0.2, 0) is 19.9 Å². The van der Waals surface area contributed by atoms with Crippen LogP contribution in [-0.4, -0.2) is 24.8 Å². The van der Waals surface area contributed by atoms with Gasteiger partial charge in [-0.3, -0.25) is 4.79 Å². The minimum Gasteiger partial charge on any atom is -0.508 e. The molecule has 4 nitrogen and oxygen atoms in total. The molecule has 1 aromatic rings. The van der Waals surface area contributed by atoms with Gasteiger partial charge in [-0.2, -0.15) is 0 Å². The van der Waals surface area contributed by atoms with E-state index in [-0.39, 0.29) is 22.9 Å². The Hall–Kier alpha value is -1.55. The Balaban J connectivity index is 1.31. The number of esters is 1. The molecule has 0 aromatic heterocycles. The van der Waals surface area contributed by atoms with Crippen molar-refractivity contribution in [1.29, 1.82) is 0 Å². The molecule has 128 valence electrons. The monoisotopic (exact) mass is 328 g/mol. The van der Waals surface area contributed by atoms with Crippen molar-refractivity contribution in [3.05, 3.63) is 29.8 Å². The van der Waals surface area contributed by atoms with Gasteiger partial charge in [0.1, 0.15) is 5.75 Å². The predicted octanol–water partition coefficient (Wildman–Crippen LogP) is 3.38. The summed E-state index contributed by atoms with van der Waals surface area (Å²) in [4.78, 5) is 11.6. The van der Waals surface area contributed by atoms with E-state index in [4.69, 9.17) is 9.47 Å². The van der Waals surface area contributed by atoms with Crippen molar-refractivity contribution >= 4 is 5.97 Å². The summed E-state index contributed by atoms with van der Waals surface area (Å²) in [5.74, 6) is 0.939. The number of phenolic OH excluding ortho intramolecular Hbond substituents is 1. The van der Waals surface area contributed by atoms with Gasteiger partial charge < -0.3 is 14.6 Å². The van der Waals surface area contributed by atoms with Gasteiger partial charge in [-0.15, -0.1) is 0 Å². The number of hydrogen-bond acceptors (Lipinski definition) is 4. The van der Waals surface area contributed by atoms with Gasteiger partial charge in [0.2, 0.25) is 0 Å². The second-order valence-electron chi connectivity index (χ2n) is 8.37. The van der Waals surface area contributed by atoms with Crippen LogP contribution in [0.2, 0.25) is 0 Å². The molecule has 4 heteroatoms. The lowest BCUT2D eigenvalue weighted by molar-refractivity contribution is -0.142. The summed E-state index contributed by atoms with van der Waals surface area (Å²) in [6.45, 7) is 0.832. The fourth-order valence-corrected chi connectivity index (χ4v) is 5.90. The zero-order valence-electron chi connectivity index (χ0n) is 14.1. The molecule has 1 aliphatic heterocycles. The molecule has 1 N–H and O–H groups in total. The number of phenols is 1. The van der Waals surface area contributed by atoms with E-state index in [1.807, 2.05) is 12.1 Å². The molecule has 5 rings (SSSR count). The van der Waals surface area contributed by atoms with Crippen LogP contribution in [0.5, 0.6) is 5.75 Å². The van der Waals surface area contributed by atoms with Gasteiger partial charge in [0.15, 0.2) is 0 Å². The third-order valence-electron chi connectivity index (χ3n) is 7.53. The maximum Gasteiger partial charge on any atom is 0.308 e. The van der Waals surface area contributed by atoms with Crippen molar-refractivity contribution in [1.82, 2.24) is 0 Å². The fourth-order valence-electron chi connectivity index (χ4n) is 5.90. The highest BCUT2D eigenvalue weighted by atomic mass is 16.5. The van der Waals surface area contributed by atoms with E-state index in [1.165, 1.54) is 20.0 Å². The fraction of sp³-hybridized carbons (Fsp3) is 0.650. The SMILES string of the molecule is COC(=O)[C@@H]1C[C@H]1CCC12COC3(c4cccc(O)c4)CCC13C2. The summed E-state index contributed by atoms with van der Waals surface area (Å²) < 4.78 is 11.2. The Morgan fingerprint density at radius 3 is 3.00 bits per heavy atom. The first-order chi connectivity index (χ1) is 11.6. The molecule has 24 heavy (non-hydrogen) atoms. The smallest absolute Gasteiger partial charge is 0.308 e. The molecule has 1 spiro atoms. The Labute approximate surface area is 142 Å². The van der Waals surface area contributed by atoms with Crippen LogP contribution in [0.1, 0.15) is 44.1 Å². The molecule has 4 aliphatic rings. The highest BCUT2D eigenvalue weighted by Gasteiger charge is 2.84. The molecule has 1 saturated heterocycles. The molecule has 3 unspecified atom stereocenters. The van der Waals surface area contributed by atoms with Crippen LogP contribution in [0.3, 0.4) is 0 Å². The standard InChI is InChI=1S/C20H24O4/c1-23-17(22)16-9-13(16)5-6-18-11-19(18)7-8-20(19,24-12-18)14-3-2-4-15(21)10-14/h2-4,10,13,16,21H,5-9,11-12H2,1H3/t13-,16-,18?,19?,20?/m1/s1. The lowest BCUT2D eigenvalue weighted by atomic mass is 9.60. The number of aromatic hydroxyl groups is 1. The van der Waals surface area contributed by atoms with Crippen LogP contribution in [0.4, 0.5) is 0 Å². The van der Waals surface area contributed by atoms with Gasteiger partial charge in [-0.1, -0.05) is 12.1 Å². The van der Waals surface area contributed by atoms with Crippen molar-refractivity contribution in [2.45, 2.75) is 44.1 Å². The molecule has 0 radical (unpaired) electrons. The van der Waals surface area contributed by atoms with Crippen molar-refractivity contribution in [3.8, 4) is 5.75 Å². The molecule has 0 bridgehead atoms. The number of methoxy groups -OCH3 is 1. The van der Waals surface area contributed by atoms with E-state index < -0.39 is 0 Å². The molecule has 0 amide bonds. The average Bonchev–Trinajstić information content (AvgIpc) is 3.45. The molecule has 4 fully saturated rings. The summed E-state index contributed by atoms with van der Waals surface area (Å²) in [5.41, 5.74) is 1.56. The summed E-state index contributed by atoms with van der Waals surface area (Å²) >= 11 is 0. The quantitative estimate of drug-likeness (QED) is 0.842. The number of carbonyl (C=O) groups excluding carboxylic acids is 1. The van der Waals surface area contributed by atoms with Crippen LogP contribution in [0, 0.1) is 22.7 Å². The Bertz CT molecular complexity index is 711. The number of carbonyl (C=O) groups is 1. The lowest BCUT2D eigenvalue weighted by Crippen LogP contribution is -2.46. The van der Waals surface area contributed by atoms with E-state index in [0.717, 1.165) is 37.9 Å². The van der Waals surface area contributed by atoms with Gasteiger partial charge >= 0.3 is 5.97 Å². The zero-order valence-corrected chi connectivity index (χ0v) is 14.1. The van der Waals surface area contributed by atoms with E-state index >= 15 is 0 Å². The normalized spacial score (nSPS) is 44.2. The maximum absolute atomic E-state index is 11.6. The van der Waals surface area contributed by atoms with Gasteiger partial charge in [0.05, 0.1) is 25.2 Å². The van der Waals surface area contributed by atoms with E-state index in [1.54, 1.807) is 6.07 Å². The van der Waals surface area contributed by atoms with Crippen molar-refractivity contribution in [3.63, 3.8) is 0 Å². The number of ether oxygens (including phenoxy) is 2. The lowest BCUT2D eigenvalue weighted by Gasteiger charge is -2.48. The van der Waals surface area contributed by atoms with Crippen molar-refractivity contribution in [2.75, 3.05) is 13.7 Å². The van der Waals surface area contributed by atoms with Gasteiger partial charge in [0, 0.05) is 10.8 Å². The van der Waals surface area contributed by atoms with Gasteiger partial charge in [-0.05, 0) is 62.1 Å². The highest BCUT2D eigenvalue weighted by Crippen LogP contribution is 2.87. The Morgan fingerprint density at radius 2 is 2.29 bits per heavy atom. The van der Waals surface area contributed by atoms with Crippen LogP contribution >= 0.6 is 0 Å². The minimum atomic E-state index is -0.170. The minimum absolute atomic E-state index is 0.0385. The molecular weight excluding hydrogens is 304 g/mol. The first-order valence-electron chi connectivity index (χ1n) is 9.07. The molecule has 3 aliphatic carbocycles. The number of benzene rings is 1. The first kappa shape index (κ1) is 14.8. The number of hydrogen-bond donors (Lipinski definition) is 1. The van der Waals surface area contributed by atoms with Crippen LogP contribution in [0.25, 0.3) is 0 Å². The van der Waals surface area contributed by atoms with Crippen LogP contribution in [0.15, 0.2) is 24.3 Å². The van der Waals surface area contributed by atoms with E-state index in [0.29, 0.717) is 17.1 Å². The second kappa shape index (κ2) is 4.54. The predicted molar refractivity (Wildman–Crippen MR) is 87.3 cm³/mol. The van der Waals surface area contributed by atoms with Crippen molar-refractivity contribution in [2.24, 2.45) is 22.7 Å². The summed E-state index contributed by atoms with van der Waals surface area (Å²) in [6, 6.07) is 7.62.